The Morgan fingerprint density at radius 3 is 2.84 bits per heavy atom. The molecule has 0 heterocycles. The molecule has 0 aliphatic carbocycles. The topological polar surface area (TPSA) is 30.5 Å². The Kier molecular flexibility index (Phi) is 7.94. The maximum atomic E-state index is 5.66. The van der Waals surface area contributed by atoms with Crippen molar-refractivity contribution in [2.24, 2.45) is 0 Å². The predicted octanol–water partition coefficient (Wildman–Crippen LogP) is 3.16. The highest BCUT2D eigenvalue weighted by Crippen LogP contribution is 2.13. The lowest BCUT2D eigenvalue weighted by atomic mass is 10.2. The van der Waals surface area contributed by atoms with Gasteiger partial charge < -0.3 is 14.8 Å². The monoisotopic (exact) mass is 263 g/mol. The zero-order chi connectivity index (χ0) is 13.9. The van der Waals surface area contributed by atoms with Crippen molar-refractivity contribution < 1.29 is 9.47 Å². The fourth-order valence-electron chi connectivity index (χ4n) is 1.55. The fourth-order valence-corrected chi connectivity index (χ4v) is 1.55. The maximum Gasteiger partial charge on any atom is 0.119 e. The van der Waals surface area contributed by atoms with Crippen LogP contribution in [0.15, 0.2) is 36.9 Å². The first-order valence-electron chi connectivity index (χ1n) is 6.86. The van der Waals surface area contributed by atoms with Gasteiger partial charge >= 0.3 is 0 Å². The second kappa shape index (κ2) is 9.59. The zero-order valence-electron chi connectivity index (χ0n) is 12.0. The van der Waals surface area contributed by atoms with E-state index in [1.54, 1.807) is 0 Å². The van der Waals surface area contributed by atoms with E-state index in [2.05, 4.69) is 37.9 Å². The van der Waals surface area contributed by atoms with Crippen molar-refractivity contribution in [3.05, 3.63) is 42.5 Å². The second-order valence-corrected chi connectivity index (χ2v) is 4.72. The Labute approximate surface area is 116 Å². The van der Waals surface area contributed by atoms with Crippen molar-refractivity contribution in [1.82, 2.24) is 5.32 Å². The van der Waals surface area contributed by atoms with Crippen molar-refractivity contribution in [2.75, 3.05) is 19.8 Å². The molecule has 0 aliphatic heterocycles. The molecule has 1 aromatic carbocycles. The first kappa shape index (κ1) is 15.7. The van der Waals surface area contributed by atoms with Crippen LogP contribution in [0.2, 0.25) is 0 Å². The lowest BCUT2D eigenvalue weighted by Gasteiger charge is -2.10. The minimum absolute atomic E-state index is 0.489. The van der Waals surface area contributed by atoms with Gasteiger partial charge in [-0.15, -0.1) is 6.58 Å². The normalized spacial score (nSPS) is 10.7. The van der Waals surface area contributed by atoms with Crippen molar-refractivity contribution in [2.45, 2.75) is 32.9 Å². The molecule has 0 radical (unpaired) electrons. The average Bonchev–Trinajstić information content (AvgIpc) is 2.41. The van der Waals surface area contributed by atoms with Gasteiger partial charge in [0.1, 0.15) is 12.4 Å². The van der Waals surface area contributed by atoms with E-state index in [1.807, 2.05) is 18.2 Å². The van der Waals surface area contributed by atoms with Crippen LogP contribution in [0.4, 0.5) is 0 Å². The number of benzene rings is 1. The standard InChI is InChI=1S/C16H25NO2/c1-4-5-9-18-10-11-19-16-8-6-7-15(12-16)13-17-14(2)3/h4,6-8,12,14,17H,1,5,9-11,13H2,2-3H3. The van der Waals surface area contributed by atoms with Gasteiger partial charge in [0.25, 0.3) is 0 Å². The van der Waals surface area contributed by atoms with E-state index in [-0.39, 0.29) is 0 Å². The molecule has 0 saturated carbocycles. The molecule has 3 nitrogen and oxygen atoms in total. The molecular formula is C16H25NO2. The minimum Gasteiger partial charge on any atom is -0.491 e. The third kappa shape index (κ3) is 7.65. The number of ether oxygens (including phenoxy) is 2. The summed E-state index contributed by atoms with van der Waals surface area (Å²) in [6.45, 7) is 10.7. The van der Waals surface area contributed by atoms with Crippen LogP contribution in [0.25, 0.3) is 0 Å². The molecular weight excluding hydrogens is 238 g/mol. The van der Waals surface area contributed by atoms with Crippen LogP contribution < -0.4 is 10.1 Å². The van der Waals surface area contributed by atoms with Gasteiger partial charge in [0.05, 0.1) is 13.2 Å². The molecule has 1 rings (SSSR count). The summed E-state index contributed by atoms with van der Waals surface area (Å²) in [6.07, 6.45) is 2.74. The Morgan fingerprint density at radius 1 is 1.26 bits per heavy atom. The van der Waals surface area contributed by atoms with Gasteiger partial charge in [-0.25, -0.2) is 0 Å². The van der Waals surface area contributed by atoms with Crippen LogP contribution in [0, 0.1) is 0 Å². The van der Waals surface area contributed by atoms with Crippen molar-refractivity contribution in [1.29, 1.82) is 0 Å². The number of nitrogens with one attached hydrogen (secondary N) is 1. The number of hydrogen-bond donors (Lipinski definition) is 1. The molecule has 0 atom stereocenters. The van der Waals surface area contributed by atoms with Gasteiger partial charge in [0.15, 0.2) is 0 Å². The predicted molar refractivity (Wildman–Crippen MR) is 79.5 cm³/mol. The summed E-state index contributed by atoms with van der Waals surface area (Å²) in [5.41, 5.74) is 1.23. The Hall–Kier alpha value is -1.32. The summed E-state index contributed by atoms with van der Waals surface area (Å²) in [5.74, 6) is 0.898. The first-order chi connectivity index (χ1) is 9.22. The molecule has 0 saturated heterocycles. The van der Waals surface area contributed by atoms with Crippen LogP contribution in [0.5, 0.6) is 5.75 Å². The lowest BCUT2D eigenvalue weighted by molar-refractivity contribution is 0.103. The lowest BCUT2D eigenvalue weighted by Crippen LogP contribution is -2.21. The van der Waals surface area contributed by atoms with Crippen molar-refractivity contribution in [3.63, 3.8) is 0 Å². The molecule has 0 unspecified atom stereocenters. The molecule has 0 spiro atoms. The van der Waals surface area contributed by atoms with Crippen LogP contribution in [0.3, 0.4) is 0 Å². The third-order valence-electron chi connectivity index (χ3n) is 2.58. The highest BCUT2D eigenvalue weighted by Gasteiger charge is 1.98. The minimum atomic E-state index is 0.489. The van der Waals surface area contributed by atoms with Crippen LogP contribution in [0.1, 0.15) is 25.8 Å². The second-order valence-electron chi connectivity index (χ2n) is 4.72. The quantitative estimate of drug-likeness (QED) is 0.519. The highest BCUT2D eigenvalue weighted by molar-refractivity contribution is 5.28. The smallest absolute Gasteiger partial charge is 0.119 e. The zero-order valence-corrected chi connectivity index (χ0v) is 12.0. The molecule has 0 bridgehead atoms. The summed E-state index contributed by atoms with van der Waals surface area (Å²) in [7, 11) is 0. The molecule has 0 amide bonds. The summed E-state index contributed by atoms with van der Waals surface area (Å²) in [6, 6.07) is 8.65. The molecule has 106 valence electrons. The molecule has 19 heavy (non-hydrogen) atoms. The van der Waals surface area contributed by atoms with E-state index in [0.717, 1.165) is 18.7 Å². The van der Waals surface area contributed by atoms with Gasteiger partial charge in [0, 0.05) is 12.6 Å². The molecule has 0 fully saturated rings. The molecule has 1 N–H and O–H groups in total. The van der Waals surface area contributed by atoms with Crippen LogP contribution in [-0.4, -0.2) is 25.9 Å². The molecule has 0 aliphatic rings. The highest BCUT2D eigenvalue weighted by atomic mass is 16.5. The van der Waals surface area contributed by atoms with Crippen molar-refractivity contribution >= 4 is 0 Å². The average molecular weight is 263 g/mol. The van der Waals surface area contributed by atoms with Gasteiger partial charge in [-0.1, -0.05) is 32.1 Å². The summed E-state index contributed by atoms with van der Waals surface area (Å²) >= 11 is 0. The van der Waals surface area contributed by atoms with Gasteiger partial charge in [0.2, 0.25) is 0 Å². The third-order valence-corrected chi connectivity index (χ3v) is 2.58. The first-order valence-corrected chi connectivity index (χ1v) is 6.86. The Bertz CT molecular complexity index is 364. The SMILES string of the molecule is C=CCCOCCOc1cccc(CNC(C)C)c1. The fraction of sp³-hybridized carbons (Fsp3) is 0.500. The Morgan fingerprint density at radius 2 is 2.11 bits per heavy atom. The summed E-state index contributed by atoms with van der Waals surface area (Å²) in [5, 5.41) is 3.39. The van der Waals surface area contributed by atoms with Crippen molar-refractivity contribution in [3.8, 4) is 5.75 Å². The van der Waals surface area contributed by atoms with E-state index in [0.29, 0.717) is 25.9 Å². The molecule has 3 heteroatoms. The number of hydrogen-bond acceptors (Lipinski definition) is 3. The maximum absolute atomic E-state index is 5.66. The van der Waals surface area contributed by atoms with E-state index in [4.69, 9.17) is 9.47 Å². The van der Waals surface area contributed by atoms with Crippen LogP contribution >= 0.6 is 0 Å². The van der Waals surface area contributed by atoms with E-state index in [9.17, 15) is 0 Å². The van der Waals surface area contributed by atoms with Crippen LogP contribution in [-0.2, 0) is 11.3 Å². The summed E-state index contributed by atoms with van der Waals surface area (Å²) < 4.78 is 11.1. The molecule has 0 aromatic heterocycles. The van der Waals surface area contributed by atoms with Gasteiger partial charge in [-0.3, -0.25) is 0 Å². The summed E-state index contributed by atoms with van der Waals surface area (Å²) in [4.78, 5) is 0. The van der Waals surface area contributed by atoms with E-state index < -0.39 is 0 Å². The number of rotatable bonds is 10. The van der Waals surface area contributed by atoms with Gasteiger partial charge in [-0.05, 0) is 24.1 Å². The Balaban J connectivity index is 2.25. The van der Waals surface area contributed by atoms with Gasteiger partial charge in [-0.2, -0.15) is 0 Å². The van der Waals surface area contributed by atoms with E-state index in [1.165, 1.54) is 5.56 Å². The molecule has 1 aromatic rings. The largest absolute Gasteiger partial charge is 0.491 e. The van der Waals surface area contributed by atoms with E-state index >= 15 is 0 Å².